The molecule has 2 aromatic heterocycles. The Bertz CT molecular complexity index is 745. The number of rotatable bonds is 3. The molecule has 2 heterocycles. The predicted octanol–water partition coefficient (Wildman–Crippen LogP) is 4.27. The van der Waals surface area contributed by atoms with Gasteiger partial charge >= 0.3 is 12.2 Å². The molecule has 122 valence electrons. The molecular weight excluding hydrogens is 397 g/mol. The lowest BCUT2D eigenvalue weighted by molar-refractivity contribution is -0.140. The highest BCUT2D eigenvalue weighted by molar-refractivity contribution is 9.10. The van der Waals surface area contributed by atoms with Gasteiger partial charge in [-0.2, -0.15) is 13.2 Å². The highest BCUT2D eigenvalue weighted by atomic mass is 79.9. The molecule has 0 atom stereocenters. The molecule has 1 aliphatic carbocycles. The smallest absolute Gasteiger partial charge is 0.335 e. The van der Waals surface area contributed by atoms with Gasteiger partial charge in [0.25, 0.3) is 0 Å². The SMILES string of the molecule is O=C(Nc1cc(-c2nc(C(F)(F)F)cs2)c(Br)cn1)NC1CC1. The Morgan fingerprint density at radius 1 is 1.39 bits per heavy atom. The van der Waals surface area contributed by atoms with Crippen LogP contribution in [0, 0.1) is 0 Å². The third-order valence-corrected chi connectivity index (χ3v) is 4.54. The molecule has 0 unspecified atom stereocenters. The van der Waals surface area contributed by atoms with E-state index in [-0.39, 0.29) is 22.9 Å². The van der Waals surface area contributed by atoms with Crippen LogP contribution >= 0.6 is 27.3 Å². The average molecular weight is 407 g/mol. The monoisotopic (exact) mass is 406 g/mol. The first kappa shape index (κ1) is 16.2. The minimum absolute atomic E-state index is 0.192. The van der Waals surface area contributed by atoms with Crippen LogP contribution < -0.4 is 10.6 Å². The number of alkyl halides is 3. The van der Waals surface area contributed by atoms with Gasteiger partial charge in [-0.15, -0.1) is 11.3 Å². The highest BCUT2D eigenvalue weighted by Crippen LogP contribution is 2.36. The minimum Gasteiger partial charge on any atom is -0.335 e. The summed E-state index contributed by atoms with van der Waals surface area (Å²) in [5.41, 5.74) is -0.510. The molecule has 5 nitrogen and oxygen atoms in total. The molecule has 1 fully saturated rings. The Balaban J connectivity index is 1.82. The molecule has 2 aromatic rings. The predicted molar refractivity (Wildman–Crippen MR) is 83.2 cm³/mol. The summed E-state index contributed by atoms with van der Waals surface area (Å²) in [6.07, 6.45) is -1.17. The normalized spacial score (nSPS) is 14.6. The number of anilines is 1. The van der Waals surface area contributed by atoms with Gasteiger partial charge < -0.3 is 5.32 Å². The second-order valence-electron chi connectivity index (χ2n) is 4.96. The van der Waals surface area contributed by atoms with Crippen LogP contribution in [-0.4, -0.2) is 22.0 Å². The van der Waals surface area contributed by atoms with Crippen molar-refractivity contribution in [2.75, 3.05) is 5.32 Å². The number of carbonyl (C=O) groups is 1. The van der Waals surface area contributed by atoms with Crippen molar-refractivity contribution in [3.05, 3.63) is 27.8 Å². The number of nitrogens with zero attached hydrogens (tertiary/aromatic N) is 2. The van der Waals surface area contributed by atoms with Gasteiger partial charge in [-0.1, -0.05) is 0 Å². The topological polar surface area (TPSA) is 66.9 Å². The fourth-order valence-corrected chi connectivity index (χ4v) is 3.16. The van der Waals surface area contributed by atoms with Crippen molar-refractivity contribution in [3.63, 3.8) is 0 Å². The lowest BCUT2D eigenvalue weighted by atomic mass is 10.2. The van der Waals surface area contributed by atoms with Gasteiger partial charge in [-0.25, -0.2) is 14.8 Å². The molecule has 3 rings (SSSR count). The molecule has 0 radical (unpaired) electrons. The lowest BCUT2D eigenvalue weighted by Gasteiger charge is -2.08. The maximum Gasteiger partial charge on any atom is 0.434 e. The van der Waals surface area contributed by atoms with E-state index in [1.165, 1.54) is 12.3 Å². The first-order chi connectivity index (χ1) is 10.8. The van der Waals surface area contributed by atoms with Gasteiger partial charge in [0.05, 0.1) is 0 Å². The minimum atomic E-state index is -4.49. The summed E-state index contributed by atoms with van der Waals surface area (Å²) in [4.78, 5) is 19.3. The van der Waals surface area contributed by atoms with Crippen LogP contribution in [0.15, 0.2) is 22.1 Å². The lowest BCUT2D eigenvalue weighted by Crippen LogP contribution is -2.30. The van der Waals surface area contributed by atoms with Crippen molar-refractivity contribution in [2.45, 2.75) is 25.1 Å². The van der Waals surface area contributed by atoms with Crippen LogP contribution in [0.2, 0.25) is 0 Å². The number of amides is 2. The summed E-state index contributed by atoms with van der Waals surface area (Å²) in [5, 5.41) is 6.44. The van der Waals surface area contributed by atoms with Crippen LogP contribution in [0.25, 0.3) is 10.6 Å². The number of thiazole rings is 1. The van der Waals surface area contributed by atoms with Crippen LogP contribution in [-0.2, 0) is 6.18 Å². The number of hydrogen-bond acceptors (Lipinski definition) is 4. The molecule has 23 heavy (non-hydrogen) atoms. The second kappa shape index (κ2) is 6.08. The van der Waals surface area contributed by atoms with Crippen LogP contribution in [0.1, 0.15) is 18.5 Å². The number of carbonyl (C=O) groups excluding carboxylic acids is 1. The van der Waals surface area contributed by atoms with Crippen LogP contribution in [0.4, 0.5) is 23.8 Å². The second-order valence-corrected chi connectivity index (χ2v) is 6.67. The molecule has 10 heteroatoms. The number of urea groups is 1. The molecule has 0 bridgehead atoms. The Kier molecular flexibility index (Phi) is 4.28. The Labute approximate surface area is 141 Å². The number of halogens is 4. The summed E-state index contributed by atoms with van der Waals surface area (Å²) >= 11 is 4.11. The largest absolute Gasteiger partial charge is 0.434 e. The van der Waals surface area contributed by atoms with E-state index in [1.54, 1.807) is 0 Å². The standard InChI is InChI=1S/C13H10BrF3N4OS/c14-8-4-18-10(21-12(22)19-6-1-2-6)3-7(8)11-20-9(5-23-11)13(15,16)17/h3-6H,1-2H2,(H2,18,19,21,22). The molecule has 0 saturated heterocycles. The third kappa shape index (κ3) is 3.99. The van der Waals surface area contributed by atoms with Crippen molar-refractivity contribution in [1.29, 1.82) is 0 Å². The van der Waals surface area contributed by atoms with Gasteiger partial charge in [0.15, 0.2) is 5.69 Å². The molecule has 2 amide bonds. The Morgan fingerprint density at radius 3 is 2.74 bits per heavy atom. The van der Waals surface area contributed by atoms with E-state index in [0.717, 1.165) is 29.6 Å². The summed E-state index contributed by atoms with van der Waals surface area (Å²) in [6.45, 7) is 0. The maximum absolute atomic E-state index is 12.7. The summed E-state index contributed by atoms with van der Waals surface area (Å²) < 4.78 is 38.4. The highest BCUT2D eigenvalue weighted by Gasteiger charge is 2.34. The average Bonchev–Trinajstić information content (AvgIpc) is 3.12. The molecule has 0 aliphatic heterocycles. The Hall–Kier alpha value is -1.68. The van der Waals surface area contributed by atoms with Gasteiger partial charge in [0, 0.05) is 27.7 Å². The number of nitrogens with one attached hydrogen (secondary N) is 2. The Morgan fingerprint density at radius 2 is 2.13 bits per heavy atom. The summed E-state index contributed by atoms with van der Waals surface area (Å²) in [7, 11) is 0. The fraction of sp³-hybridized carbons (Fsp3) is 0.308. The van der Waals surface area contributed by atoms with Gasteiger partial charge in [-0.05, 0) is 34.8 Å². The van der Waals surface area contributed by atoms with E-state index in [2.05, 4.69) is 36.5 Å². The molecule has 2 N–H and O–H groups in total. The number of pyridine rings is 1. The van der Waals surface area contributed by atoms with E-state index >= 15 is 0 Å². The first-order valence-corrected chi connectivity index (χ1v) is 8.26. The summed E-state index contributed by atoms with van der Waals surface area (Å²) in [6, 6.07) is 1.29. The van der Waals surface area contributed by atoms with Crippen molar-refractivity contribution in [3.8, 4) is 10.6 Å². The zero-order valence-electron chi connectivity index (χ0n) is 11.4. The van der Waals surface area contributed by atoms with Crippen molar-refractivity contribution < 1.29 is 18.0 Å². The summed E-state index contributed by atoms with van der Waals surface area (Å²) in [5.74, 6) is 0.241. The molecular formula is C13H10BrF3N4OS. The quantitative estimate of drug-likeness (QED) is 0.799. The number of hydrogen-bond donors (Lipinski definition) is 2. The van der Waals surface area contributed by atoms with E-state index in [9.17, 15) is 18.0 Å². The van der Waals surface area contributed by atoms with Gasteiger partial charge in [0.1, 0.15) is 10.8 Å². The van der Waals surface area contributed by atoms with Crippen molar-refractivity contribution in [2.24, 2.45) is 0 Å². The van der Waals surface area contributed by atoms with E-state index in [0.29, 0.717) is 10.0 Å². The fourth-order valence-electron chi connectivity index (χ4n) is 1.76. The van der Waals surface area contributed by atoms with E-state index in [4.69, 9.17) is 0 Å². The molecule has 0 spiro atoms. The van der Waals surface area contributed by atoms with Gasteiger partial charge in [0.2, 0.25) is 0 Å². The van der Waals surface area contributed by atoms with Crippen LogP contribution in [0.3, 0.4) is 0 Å². The third-order valence-electron chi connectivity index (χ3n) is 3.03. The molecule has 1 aliphatic rings. The molecule has 0 aromatic carbocycles. The van der Waals surface area contributed by atoms with E-state index < -0.39 is 11.9 Å². The number of aromatic nitrogens is 2. The van der Waals surface area contributed by atoms with Crippen molar-refractivity contribution in [1.82, 2.24) is 15.3 Å². The zero-order valence-corrected chi connectivity index (χ0v) is 13.8. The van der Waals surface area contributed by atoms with E-state index in [1.807, 2.05) is 0 Å². The van der Waals surface area contributed by atoms with Gasteiger partial charge in [-0.3, -0.25) is 5.32 Å². The van der Waals surface area contributed by atoms with Crippen molar-refractivity contribution >= 4 is 39.1 Å². The first-order valence-electron chi connectivity index (χ1n) is 6.59. The van der Waals surface area contributed by atoms with Crippen LogP contribution in [0.5, 0.6) is 0 Å². The maximum atomic E-state index is 12.7. The molecule has 1 saturated carbocycles. The zero-order chi connectivity index (χ0) is 16.6.